The van der Waals surface area contributed by atoms with Crippen molar-refractivity contribution in [3.05, 3.63) is 90.5 Å². The SMILES string of the molecule is COc1cc(C(O)C2C=CC3C(=O)N(c4ccccc4)C(=O)C3N2Nc2ccccc2)cc(OC)c1OC. The molecule has 9 nitrogen and oxygen atoms in total. The second-order valence-corrected chi connectivity index (χ2v) is 8.98. The number of aliphatic hydroxyl groups is 1. The Morgan fingerprint density at radius 2 is 1.42 bits per heavy atom. The first-order valence-electron chi connectivity index (χ1n) is 12.2. The maximum absolute atomic E-state index is 13.8. The second kappa shape index (κ2) is 10.6. The molecule has 9 heteroatoms. The fraction of sp³-hybridized carbons (Fsp3) is 0.241. The number of hydrazine groups is 1. The fourth-order valence-electron chi connectivity index (χ4n) is 5.03. The molecule has 4 unspecified atom stereocenters. The van der Waals surface area contributed by atoms with Crippen LogP contribution in [0.2, 0.25) is 0 Å². The van der Waals surface area contributed by atoms with Crippen LogP contribution < -0.4 is 24.5 Å². The molecule has 38 heavy (non-hydrogen) atoms. The van der Waals surface area contributed by atoms with Crippen molar-refractivity contribution in [3.8, 4) is 17.2 Å². The van der Waals surface area contributed by atoms with Gasteiger partial charge in [-0.25, -0.2) is 9.91 Å². The minimum Gasteiger partial charge on any atom is -0.493 e. The Kier molecular flexibility index (Phi) is 7.04. The van der Waals surface area contributed by atoms with E-state index >= 15 is 0 Å². The number of hydrogen-bond acceptors (Lipinski definition) is 8. The van der Waals surface area contributed by atoms with Gasteiger partial charge in [0.05, 0.1) is 39.0 Å². The van der Waals surface area contributed by atoms with Crippen LogP contribution in [-0.2, 0) is 9.59 Å². The van der Waals surface area contributed by atoms with Gasteiger partial charge in [0.15, 0.2) is 11.5 Å². The molecule has 5 rings (SSSR count). The quantitative estimate of drug-likeness (QED) is 0.347. The Morgan fingerprint density at radius 3 is 2.00 bits per heavy atom. The van der Waals surface area contributed by atoms with Crippen molar-refractivity contribution in [2.75, 3.05) is 31.7 Å². The van der Waals surface area contributed by atoms with Gasteiger partial charge in [-0.3, -0.25) is 9.59 Å². The molecule has 0 aromatic heterocycles. The number of fused-ring (bicyclic) bond motifs is 1. The highest BCUT2D eigenvalue weighted by Gasteiger charge is 2.54. The summed E-state index contributed by atoms with van der Waals surface area (Å²) in [5.41, 5.74) is 5.00. The van der Waals surface area contributed by atoms with Gasteiger partial charge in [0.1, 0.15) is 12.1 Å². The predicted octanol–water partition coefficient (Wildman–Crippen LogP) is 3.57. The number of carbonyl (C=O) groups is 2. The van der Waals surface area contributed by atoms with Gasteiger partial charge in [0, 0.05) is 5.69 Å². The summed E-state index contributed by atoms with van der Waals surface area (Å²) in [6, 6.07) is 19.9. The third kappa shape index (κ3) is 4.36. The number of anilines is 2. The molecule has 0 bridgehead atoms. The van der Waals surface area contributed by atoms with Crippen LogP contribution in [0.25, 0.3) is 0 Å². The molecule has 0 radical (unpaired) electrons. The molecule has 3 aromatic carbocycles. The number of rotatable bonds is 8. The lowest BCUT2D eigenvalue weighted by Crippen LogP contribution is -2.55. The van der Waals surface area contributed by atoms with E-state index in [-0.39, 0.29) is 11.8 Å². The fourth-order valence-corrected chi connectivity index (χ4v) is 5.03. The molecule has 0 saturated carbocycles. The molecular formula is C29H29N3O6. The minimum atomic E-state index is -1.12. The zero-order chi connectivity index (χ0) is 26.8. The van der Waals surface area contributed by atoms with Crippen LogP contribution in [0.15, 0.2) is 84.9 Å². The summed E-state index contributed by atoms with van der Waals surface area (Å²) in [4.78, 5) is 28.4. The van der Waals surface area contributed by atoms with Crippen LogP contribution in [0.4, 0.5) is 11.4 Å². The summed E-state index contributed by atoms with van der Waals surface area (Å²) in [7, 11) is 4.51. The minimum absolute atomic E-state index is 0.317. The van der Waals surface area contributed by atoms with Crippen molar-refractivity contribution in [1.29, 1.82) is 0 Å². The lowest BCUT2D eigenvalue weighted by Gasteiger charge is -2.40. The normalized spacial score (nSPS) is 21.7. The summed E-state index contributed by atoms with van der Waals surface area (Å²) in [5.74, 6) is -0.224. The summed E-state index contributed by atoms with van der Waals surface area (Å²) in [5, 5.41) is 13.3. The third-order valence-electron chi connectivity index (χ3n) is 6.85. The lowest BCUT2D eigenvalue weighted by atomic mass is 9.90. The van der Waals surface area contributed by atoms with Crippen LogP contribution >= 0.6 is 0 Å². The monoisotopic (exact) mass is 515 g/mol. The lowest BCUT2D eigenvalue weighted by molar-refractivity contribution is -0.123. The first-order valence-corrected chi connectivity index (χ1v) is 12.2. The molecule has 1 fully saturated rings. The first kappa shape index (κ1) is 25.3. The van der Waals surface area contributed by atoms with Crippen LogP contribution in [0.5, 0.6) is 17.2 Å². The van der Waals surface area contributed by atoms with Crippen molar-refractivity contribution in [2.24, 2.45) is 5.92 Å². The highest BCUT2D eigenvalue weighted by atomic mass is 16.5. The molecule has 2 amide bonds. The van der Waals surface area contributed by atoms with E-state index < -0.39 is 24.1 Å². The molecule has 1 saturated heterocycles. The Bertz CT molecular complexity index is 1320. The van der Waals surface area contributed by atoms with Gasteiger partial charge < -0.3 is 24.7 Å². The van der Waals surface area contributed by atoms with Crippen LogP contribution in [0.1, 0.15) is 11.7 Å². The summed E-state index contributed by atoms with van der Waals surface area (Å²) < 4.78 is 16.4. The molecule has 196 valence electrons. The number of carbonyl (C=O) groups excluding carboxylic acids is 2. The molecular weight excluding hydrogens is 486 g/mol. The molecule has 2 aliphatic heterocycles. The van der Waals surface area contributed by atoms with Gasteiger partial charge in [0.25, 0.3) is 5.91 Å². The number of para-hydroxylation sites is 2. The largest absolute Gasteiger partial charge is 0.493 e. The molecule has 2 aliphatic rings. The van der Waals surface area contributed by atoms with Gasteiger partial charge in [-0.1, -0.05) is 48.6 Å². The third-order valence-corrected chi connectivity index (χ3v) is 6.85. The van der Waals surface area contributed by atoms with Gasteiger partial charge >= 0.3 is 0 Å². The zero-order valence-corrected chi connectivity index (χ0v) is 21.3. The maximum Gasteiger partial charge on any atom is 0.254 e. The maximum atomic E-state index is 13.8. The Balaban J connectivity index is 1.56. The van der Waals surface area contributed by atoms with E-state index in [4.69, 9.17) is 14.2 Å². The molecule has 2 heterocycles. The average molecular weight is 516 g/mol. The standard InChI is InChI=1S/C29H29N3O6/c1-36-23-16-18(17-24(37-2)27(23)38-3)26(33)22-15-14-21-25(32(22)30-19-10-6-4-7-11-19)29(35)31(28(21)34)20-12-8-5-9-13-20/h4-17,21-22,25-26,30,33H,1-3H3. The number of amides is 2. The average Bonchev–Trinajstić information content (AvgIpc) is 3.22. The summed E-state index contributed by atoms with van der Waals surface area (Å²) in [6.07, 6.45) is 2.35. The van der Waals surface area contributed by atoms with Crippen molar-refractivity contribution < 1.29 is 28.9 Å². The highest BCUT2D eigenvalue weighted by molar-refractivity contribution is 6.24. The van der Waals surface area contributed by atoms with Gasteiger partial charge in [-0.15, -0.1) is 0 Å². The number of ether oxygens (including phenoxy) is 3. The van der Waals surface area contributed by atoms with Gasteiger partial charge in [-0.05, 0) is 42.0 Å². The van der Waals surface area contributed by atoms with E-state index in [1.807, 2.05) is 36.4 Å². The number of nitrogens with one attached hydrogen (secondary N) is 1. The summed E-state index contributed by atoms with van der Waals surface area (Å²) in [6.45, 7) is 0. The van der Waals surface area contributed by atoms with Crippen molar-refractivity contribution >= 4 is 23.2 Å². The van der Waals surface area contributed by atoms with Crippen molar-refractivity contribution in [3.63, 3.8) is 0 Å². The number of aliphatic hydroxyl groups excluding tert-OH is 1. The predicted molar refractivity (Wildman–Crippen MR) is 142 cm³/mol. The molecule has 4 atom stereocenters. The Morgan fingerprint density at radius 1 is 0.816 bits per heavy atom. The summed E-state index contributed by atoms with van der Waals surface area (Å²) >= 11 is 0. The molecule has 0 spiro atoms. The van der Waals surface area contributed by atoms with E-state index in [1.165, 1.54) is 26.2 Å². The topological polar surface area (TPSA) is 101 Å². The van der Waals surface area contributed by atoms with E-state index in [1.54, 1.807) is 53.6 Å². The molecule has 2 N–H and O–H groups in total. The van der Waals surface area contributed by atoms with Crippen molar-refractivity contribution in [1.82, 2.24) is 5.01 Å². The number of methoxy groups -OCH3 is 3. The number of hydrogen-bond donors (Lipinski definition) is 2. The molecule has 0 aliphatic carbocycles. The number of benzene rings is 3. The number of imide groups is 1. The smallest absolute Gasteiger partial charge is 0.254 e. The molecule has 3 aromatic rings. The first-order chi connectivity index (χ1) is 18.5. The van der Waals surface area contributed by atoms with Gasteiger partial charge in [-0.2, -0.15) is 0 Å². The Labute approximate surface area is 220 Å². The van der Waals surface area contributed by atoms with E-state index in [9.17, 15) is 14.7 Å². The van der Waals surface area contributed by atoms with E-state index in [2.05, 4.69) is 5.43 Å². The van der Waals surface area contributed by atoms with Crippen molar-refractivity contribution in [2.45, 2.75) is 18.2 Å². The second-order valence-electron chi connectivity index (χ2n) is 8.98. The Hall–Kier alpha value is -4.34. The highest BCUT2D eigenvalue weighted by Crippen LogP contribution is 2.43. The van der Waals surface area contributed by atoms with Crippen LogP contribution in [0, 0.1) is 5.92 Å². The van der Waals surface area contributed by atoms with Gasteiger partial charge in [0.2, 0.25) is 11.7 Å². The van der Waals surface area contributed by atoms with Crippen LogP contribution in [0.3, 0.4) is 0 Å². The zero-order valence-electron chi connectivity index (χ0n) is 21.3. The van der Waals surface area contributed by atoms with E-state index in [0.29, 0.717) is 34.2 Å². The van der Waals surface area contributed by atoms with Crippen LogP contribution in [-0.4, -0.2) is 55.3 Å². The number of nitrogens with zero attached hydrogens (tertiary/aromatic N) is 2. The van der Waals surface area contributed by atoms with E-state index in [0.717, 1.165) is 0 Å².